The van der Waals surface area contributed by atoms with Gasteiger partial charge in [0.05, 0.1) is 4.92 Å². The van der Waals surface area contributed by atoms with Crippen molar-refractivity contribution in [3.63, 3.8) is 0 Å². The third-order valence-corrected chi connectivity index (χ3v) is 3.99. The zero-order valence-electron chi connectivity index (χ0n) is 9.89. The predicted molar refractivity (Wildman–Crippen MR) is 78.4 cm³/mol. The Morgan fingerprint density at radius 2 is 1.58 bits per heavy atom. The summed E-state index contributed by atoms with van der Waals surface area (Å²) in [6, 6.07) is 11.0. The number of halogens is 2. The van der Waals surface area contributed by atoms with E-state index in [0.29, 0.717) is 0 Å². The van der Waals surface area contributed by atoms with E-state index in [-0.39, 0.29) is 15.7 Å². The smallest absolute Gasteiger partial charge is 0.258 e. The van der Waals surface area contributed by atoms with E-state index in [1.807, 2.05) is 31.2 Å². The highest BCUT2D eigenvalue weighted by Gasteiger charge is 2.19. The van der Waals surface area contributed by atoms with Crippen molar-refractivity contribution in [2.45, 2.75) is 16.7 Å². The summed E-state index contributed by atoms with van der Waals surface area (Å²) in [4.78, 5) is 12.0. The SMILES string of the molecule is Cc1ccc(Sc2cc(Cl)c([N+](=O)[O-])c(Cl)c2)cc1. The summed E-state index contributed by atoms with van der Waals surface area (Å²) in [7, 11) is 0. The minimum absolute atomic E-state index is 0.0483. The molecule has 6 heteroatoms. The Kier molecular flexibility index (Phi) is 4.34. The Balaban J connectivity index is 2.32. The Morgan fingerprint density at radius 3 is 2.05 bits per heavy atom. The van der Waals surface area contributed by atoms with Gasteiger partial charge < -0.3 is 0 Å². The molecule has 0 saturated heterocycles. The molecule has 0 saturated carbocycles. The van der Waals surface area contributed by atoms with Crippen molar-refractivity contribution >= 4 is 40.7 Å². The minimum Gasteiger partial charge on any atom is -0.258 e. The van der Waals surface area contributed by atoms with Crippen LogP contribution in [0.4, 0.5) is 5.69 Å². The molecular formula is C13H9Cl2NO2S. The number of nitro groups is 1. The number of benzene rings is 2. The van der Waals surface area contributed by atoms with E-state index in [1.165, 1.54) is 17.3 Å². The van der Waals surface area contributed by atoms with E-state index >= 15 is 0 Å². The van der Waals surface area contributed by atoms with Gasteiger partial charge in [0, 0.05) is 9.79 Å². The fourth-order valence-electron chi connectivity index (χ4n) is 1.52. The van der Waals surface area contributed by atoms with Crippen LogP contribution in [0.1, 0.15) is 5.56 Å². The molecule has 0 fully saturated rings. The molecule has 2 aromatic carbocycles. The lowest BCUT2D eigenvalue weighted by Crippen LogP contribution is -1.90. The van der Waals surface area contributed by atoms with E-state index in [2.05, 4.69) is 0 Å². The van der Waals surface area contributed by atoms with E-state index in [0.717, 1.165) is 9.79 Å². The second-order valence-corrected chi connectivity index (χ2v) is 5.87. The zero-order valence-corrected chi connectivity index (χ0v) is 12.2. The van der Waals surface area contributed by atoms with E-state index in [9.17, 15) is 10.1 Å². The average Bonchev–Trinajstić information content (AvgIpc) is 2.30. The largest absolute Gasteiger partial charge is 0.306 e. The van der Waals surface area contributed by atoms with E-state index in [1.54, 1.807) is 12.1 Å². The van der Waals surface area contributed by atoms with Gasteiger partial charge in [0.25, 0.3) is 0 Å². The highest BCUT2D eigenvalue weighted by Crippen LogP contribution is 2.38. The molecule has 0 aliphatic heterocycles. The first kappa shape index (κ1) is 14.2. The molecule has 0 aromatic heterocycles. The van der Waals surface area contributed by atoms with Gasteiger partial charge in [-0.1, -0.05) is 52.7 Å². The first-order valence-electron chi connectivity index (χ1n) is 5.35. The van der Waals surface area contributed by atoms with Crippen molar-refractivity contribution < 1.29 is 4.92 Å². The molecule has 2 rings (SSSR count). The van der Waals surface area contributed by atoms with Crippen LogP contribution >= 0.6 is 35.0 Å². The molecule has 98 valence electrons. The van der Waals surface area contributed by atoms with Crippen molar-refractivity contribution in [3.05, 3.63) is 62.1 Å². The summed E-state index contributed by atoms with van der Waals surface area (Å²) in [5.41, 5.74) is 0.917. The maximum absolute atomic E-state index is 10.8. The maximum atomic E-state index is 10.8. The first-order chi connectivity index (χ1) is 8.97. The third kappa shape index (κ3) is 3.41. The first-order valence-corrected chi connectivity index (χ1v) is 6.92. The van der Waals surface area contributed by atoms with Crippen LogP contribution in [0.15, 0.2) is 46.2 Å². The molecule has 3 nitrogen and oxygen atoms in total. The molecule has 19 heavy (non-hydrogen) atoms. The lowest BCUT2D eigenvalue weighted by Gasteiger charge is -2.05. The van der Waals surface area contributed by atoms with Crippen LogP contribution in [-0.2, 0) is 0 Å². The Morgan fingerprint density at radius 1 is 1.05 bits per heavy atom. The number of aryl methyl sites for hydroxylation is 1. The molecule has 0 aliphatic rings. The standard InChI is InChI=1S/C13H9Cl2NO2S/c1-8-2-4-9(5-3-8)19-10-6-11(14)13(16(17)18)12(15)7-10/h2-7H,1H3. The van der Waals surface area contributed by atoms with Gasteiger partial charge in [-0.15, -0.1) is 0 Å². The minimum atomic E-state index is -0.578. The van der Waals surface area contributed by atoms with Gasteiger partial charge in [-0.25, -0.2) is 0 Å². The van der Waals surface area contributed by atoms with Crippen LogP contribution in [0.3, 0.4) is 0 Å². The second-order valence-electron chi connectivity index (χ2n) is 3.91. The number of nitrogens with zero attached hydrogens (tertiary/aromatic N) is 1. The summed E-state index contributed by atoms with van der Waals surface area (Å²) in [6.07, 6.45) is 0. The molecular weight excluding hydrogens is 305 g/mol. The number of hydrogen-bond acceptors (Lipinski definition) is 3. The zero-order chi connectivity index (χ0) is 14.0. The van der Waals surface area contributed by atoms with Gasteiger partial charge in [0.1, 0.15) is 10.0 Å². The van der Waals surface area contributed by atoms with Gasteiger partial charge in [0.2, 0.25) is 0 Å². The lowest BCUT2D eigenvalue weighted by atomic mass is 10.2. The van der Waals surface area contributed by atoms with Gasteiger partial charge in [-0.05, 0) is 31.2 Å². The number of rotatable bonds is 3. The fraction of sp³-hybridized carbons (Fsp3) is 0.0769. The summed E-state index contributed by atoms with van der Waals surface area (Å²) in [6.45, 7) is 2.01. The second kappa shape index (κ2) is 5.82. The molecule has 0 bridgehead atoms. The van der Waals surface area contributed by atoms with Crippen molar-refractivity contribution in [1.82, 2.24) is 0 Å². The average molecular weight is 314 g/mol. The van der Waals surface area contributed by atoms with Crippen LogP contribution < -0.4 is 0 Å². The molecule has 0 spiro atoms. The molecule has 2 aromatic rings. The van der Waals surface area contributed by atoms with Gasteiger partial charge in [-0.3, -0.25) is 10.1 Å². The molecule has 0 radical (unpaired) electrons. The predicted octanol–water partition coefficient (Wildman–Crippen LogP) is 5.36. The molecule has 0 atom stereocenters. The van der Waals surface area contributed by atoms with Gasteiger partial charge >= 0.3 is 5.69 Å². The normalized spacial score (nSPS) is 10.5. The van der Waals surface area contributed by atoms with Crippen LogP contribution in [0.5, 0.6) is 0 Å². The summed E-state index contributed by atoms with van der Waals surface area (Å²) in [5.74, 6) is 0. The Labute approximate surface area is 124 Å². The van der Waals surface area contributed by atoms with Crippen molar-refractivity contribution in [2.75, 3.05) is 0 Å². The third-order valence-electron chi connectivity index (χ3n) is 2.43. The molecule has 0 amide bonds. The van der Waals surface area contributed by atoms with Crippen LogP contribution in [0.2, 0.25) is 10.0 Å². The van der Waals surface area contributed by atoms with Crippen LogP contribution in [-0.4, -0.2) is 4.92 Å². The van der Waals surface area contributed by atoms with E-state index < -0.39 is 4.92 Å². The van der Waals surface area contributed by atoms with Gasteiger partial charge in [-0.2, -0.15) is 0 Å². The van der Waals surface area contributed by atoms with E-state index in [4.69, 9.17) is 23.2 Å². The fourth-order valence-corrected chi connectivity index (χ4v) is 3.17. The highest BCUT2D eigenvalue weighted by atomic mass is 35.5. The van der Waals surface area contributed by atoms with Crippen LogP contribution in [0, 0.1) is 17.0 Å². The molecule has 0 N–H and O–H groups in total. The topological polar surface area (TPSA) is 43.1 Å². The number of nitro benzene ring substituents is 1. The van der Waals surface area contributed by atoms with Crippen molar-refractivity contribution in [2.24, 2.45) is 0 Å². The molecule has 0 aliphatic carbocycles. The highest BCUT2D eigenvalue weighted by molar-refractivity contribution is 7.99. The summed E-state index contributed by atoms with van der Waals surface area (Å²) < 4.78 is 0. The maximum Gasteiger partial charge on any atom is 0.306 e. The summed E-state index contributed by atoms with van der Waals surface area (Å²) in [5, 5.41) is 10.9. The molecule has 0 heterocycles. The van der Waals surface area contributed by atoms with Crippen LogP contribution in [0.25, 0.3) is 0 Å². The van der Waals surface area contributed by atoms with Crippen molar-refractivity contribution in [3.8, 4) is 0 Å². The monoisotopic (exact) mass is 313 g/mol. The molecule has 0 unspecified atom stereocenters. The summed E-state index contributed by atoms with van der Waals surface area (Å²) >= 11 is 13.2. The van der Waals surface area contributed by atoms with Crippen molar-refractivity contribution in [1.29, 1.82) is 0 Å². The quantitative estimate of drug-likeness (QED) is 0.565. The lowest BCUT2D eigenvalue weighted by molar-refractivity contribution is -0.384. The Bertz CT molecular complexity index is 606. The Hall–Kier alpha value is -1.23. The number of hydrogen-bond donors (Lipinski definition) is 0. The van der Waals surface area contributed by atoms with Gasteiger partial charge in [0.15, 0.2) is 0 Å².